The second-order valence-corrected chi connectivity index (χ2v) is 5.65. The zero-order valence-electron chi connectivity index (χ0n) is 13.4. The van der Waals surface area contributed by atoms with Crippen molar-refractivity contribution in [2.24, 2.45) is 7.05 Å². The number of carbonyl (C=O) groups excluding carboxylic acids is 1. The molecule has 122 valence electrons. The Morgan fingerprint density at radius 1 is 1.17 bits per heavy atom. The number of carboxylic acid groups (broad SMARTS) is 1. The Morgan fingerprint density at radius 2 is 1.92 bits per heavy atom. The summed E-state index contributed by atoms with van der Waals surface area (Å²) in [6.45, 7) is 1.87. The van der Waals surface area contributed by atoms with Gasteiger partial charge in [0.1, 0.15) is 0 Å². The Balaban J connectivity index is 1.95. The van der Waals surface area contributed by atoms with Gasteiger partial charge in [-0.05, 0) is 18.6 Å². The van der Waals surface area contributed by atoms with E-state index in [0.29, 0.717) is 10.9 Å². The summed E-state index contributed by atoms with van der Waals surface area (Å²) in [6, 6.07) is 13.3. The van der Waals surface area contributed by atoms with Crippen LogP contribution in [0, 0.1) is 6.92 Å². The Labute approximate surface area is 138 Å². The predicted molar refractivity (Wildman–Crippen MR) is 89.7 cm³/mol. The van der Waals surface area contributed by atoms with Crippen LogP contribution in [0.15, 0.2) is 48.5 Å². The van der Waals surface area contributed by atoms with Crippen LogP contribution in [-0.4, -0.2) is 26.8 Å². The maximum Gasteiger partial charge on any atom is 0.330 e. The first-order chi connectivity index (χ1) is 11.5. The van der Waals surface area contributed by atoms with E-state index in [2.05, 4.69) is 10.4 Å². The van der Waals surface area contributed by atoms with Crippen LogP contribution in [0.3, 0.4) is 0 Å². The summed E-state index contributed by atoms with van der Waals surface area (Å²) in [5.41, 5.74) is 2.48. The van der Waals surface area contributed by atoms with Crippen LogP contribution in [0.4, 0.5) is 0 Å². The summed E-state index contributed by atoms with van der Waals surface area (Å²) in [5, 5.41) is 17.0. The van der Waals surface area contributed by atoms with Gasteiger partial charge in [0, 0.05) is 12.4 Å². The van der Waals surface area contributed by atoms with Crippen molar-refractivity contribution in [2.45, 2.75) is 13.0 Å². The van der Waals surface area contributed by atoms with Crippen LogP contribution >= 0.6 is 0 Å². The highest BCUT2D eigenvalue weighted by atomic mass is 16.4. The fraction of sp³-hybridized carbons (Fsp3) is 0.167. The number of aryl methyl sites for hydroxylation is 2. The lowest BCUT2D eigenvalue weighted by atomic mass is 10.0. The van der Waals surface area contributed by atoms with Gasteiger partial charge >= 0.3 is 5.97 Å². The van der Waals surface area contributed by atoms with Crippen LogP contribution in [0.25, 0.3) is 10.9 Å². The molecule has 1 heterocycles. The van der Waals surface area contributed by atoms with Gasteiger partial charge in [0.2, 0.25) is 0 Å². The molecule has 0 saturated carbocycles. The fourth-order valence-corrected chi connectivity index (χ4v) is 2.72. The first-order valence-electron chi connectivity index (χ1n) is 7.49. The number of nitrogens with zero attached hydrogens (tertiary/aromatic N) is 2. The Morgan fingerprint density at radius 3 is 2.62 bits per heavy atom. The highest BCUT2D eigenvalue weighted by molar-refractivity contribution is 6.05. The Kier molecular flexibility index (Phi) is 4.04. The maximum absolute atomic E-state index is 12.6. The molecule has 0 aliphatic rings. The molecule has 0 spiro atoms. The SMILES string of the molecule is Cc1cccc([C@H](NC(=O)c2nn(C)c3ccccc23)C(=O)O)c1. The van der Waals surface area contributed by atoms with Gasteiger partial charge < -0.3 is 10.4 Å². The summed E-state index contributed by atoms with van der Waals surface area (Å²) >= 11 is 0. The van der Waals surface area contributed by atoms with Crippen LogP contribution in [0.1, 0.15) is 27.7 Å². The second-order valence-electron chi connectivity index (χ2n) is 5.65. The van der Waals surface area contributed by atoms with Gasteiger partial charge in [0.15, 0.2) is 11.7 Å². The number of carbonyl (C=O) groups is 2. The lowest BCUT2D eigenvalue weighted by Crippen LogP contribution is -2.34. The summed E-state index contributed by atoms with van der Waals surface area (Å²) in [7, 11) is 1.74. The van der Waals surface area contributed by atoms with Crippen LogP contribution in [0.5, 0.6) is 0 Å². The average molecular weight is 323 g/mol. The van der Waals surface area contributed by atoms with E-state index in [-0.39, 0.29) is 5.69 Å². The van der Waals surface area contributed by atoms with Gasteiger partial charge in [-0.25, -0.2) is 4.79 Å². The number of aliphatic carboxylic acids is 1. The van der Waals surface area contributed by atoms with Crippen LogP contribution < -0.4 is 5.32 Å². The average Bonchev–Trinajstić information content (AvgIpc) is 2.90. The molecule has 2 aromatic carbocycles. The molecule has 1 amide bonds. The molecule has 24 heavy (non-hydrogen) atoms. The lowest BCUT2D eigenvalue weighted by molar-refractivity contribution is -0.139. The minimum absolute atomic E-state index is 0.215. The van der Waals surface area contributed by atoms with Gasteiger partial charge in [0.25, 0.3) is 5.91 Å². The zero-order chi connectivity index (χ0) is 17.3. The van der Waals surface area contributed by atoms with Crippen LogP contribution in [-0.2, 0) is 11.8 Å². The van der Waals surface area contributed by atoms with Crippen molar-refractivity contribution >= 4 is 22.8 Å². The summed E-state index contributed by atoms with van der Waals surface area (Å²) < 4.78 is 1.60. The van der Waals surface area contributed by atoms with E-state index < -0.39 is 17.9 Å². The zero-order valence-corrected chi connectivity index (χ0v) is 13.4. The monoisotopic (exact) mass is 323 g/mol. The molecular formula is C18H17N3O3. The molecule has 0 bridgehead atoms. The molecule has 1 atom stereocenters. The molecule has 0 aliphatic heterocycles. The number of hydrogen-bond acceptors (Lipinski definition) is 3. The molecule has 6 nitrogen and oxygen atoms in total. The molecule has 1 aromatic heterocycles. The highest BCUT2D eigenvalue weighted by Gasteiger charge is 2.25. The van der Waals surface area contributed by atoms with E-state index in [1.165, 1.54) is 0 Å². The second kappa shape index (κ2) is 6.16. The van der Waals surface area contributed by atoms with Crippen molar-refractivity contribution in [2.75, 3.05) is 0 Å². The molecule has 0 radical (unpaired) electrons. The van der Waals surface area contributed by atoms with Gasteiger partial charge in [-0.1, -0.05) is 48.0 Å². The molecule has 6 heteroatoms. The molecule has 3 rings (SSSR count). The van der Waals surface area contributed by atoms with E-state index in [1.54, 1.807) is 36.0 Å². The van der Waals surface area contributed by atoms with Crippen molar-refractivity contribution in [1.82, 2.24) is 15.1 Å². The number of carboxylic acids is 1. The number of fused-ring (bicyclic) bond motifs is 1. The molecule has 0 fully saturated rings. The summed E-state index contributed by atoms with van der Waals surface area (Å²) in [4.78, 5) is 24.2. The minimum atomic E-state index is -1.13. The van der Waals surface area contributed by atoms with E-state index in [0.717, 1.165) is 11.1 Å². The van der Waals surface area contributed by atoms with Gasteiger partial charge in [-0.15, -0.1) is 0 Å². The first-order valence-corrected chi connectivity index (χ1v) is 7.49. The number of amides is 1. The number of benzene rings is 2. The third-order valence-electron chi connectivity index (χ3n) is 3.87. The Hall–Kier alpha value is -3.15. The molecule has 0 saturated heterocycles. The molecule has 3 aromatic rings. The summed E-state index contributed by atoms with van der Waals surface area (Å²) in [6.07, 6.45) is 0. The molecule has 0 aliphatic carbocycles. The molecule has 0 unspecified atom stereocenters. The van der Waals surface area contributed by atoms with Crippen LogP contribution in [0.2, 0.25) is 0 Å². The van der Waals surface area contributed by atoms with Gasteiger partial charge in [-0.2, -0.15) is 5.10 Å². The van der Waals surface area contributed by atoms with Crippen molar-refractivity contribution in [1.29, 1.82) is 0 Å². The third kappa shape index (κ3) is 2.86. The number of aromatic nitrogens is 2. The predicted octanol–water partition coefficient (Wildman–Crippen LogP) is 2.44. The summed E-state index contributed by atoms with van der Waals surface area (Å²) in [5.74, 6) is -1.63. The van der Waals surface area contributed by atoms with Gasteiger partial charge in [0.05, 0.1) is 5.52 Å². The fourth-order valence-electron chi connectivity index (χ4n) is 2.72. The quantitative estimate of drug-likeness (QED) is 0.772. The van der Waals surface area contributed by atoms with Crippen molar-refractivity contribution in [3.05, 3.63) is 65.4 Å². The number of hydrogen-bond donors (Lipinski definition) is 2. The molecular weight excluding hydrogens is 306 g/mol. The lowest BCUT2D eigenvalue weighted by Gasteiger charge is -2.14. The van der Waals surface area contributed by atoms with E-state index in [1.807, 2.05) is 31.2 Å². The number of rotatable bonds is 4. The maximum atomic E-state index is 12.6. The van der Waals surface area contributed by atoms with Crippen molar-refractivity contribution in [3.8, 4) is 0 Å². The van der Waals surface area contributed by atoms with Crippen molar-refractivity contribution < 1.29 is 14.7 Å². The molecule has 2 N–H and O–H groups in total. The van der Waals surface area contributed by atoms with E-state index in [9.17, 15) is 14.7 Å². The third-order valence-corrected chi connectivity index (χ3v) is 3.87. The largest absolute Gasteiger partial charge is 0.479 e. The van der Waals surface area contributed by atoms with E-state index in [4.69, 9.17) is 0 Å². The standard InChI is InChI=1S/C18H17N3O3/c1-11-6-5-7-12(10-11)15(18(23)24)19-17(22)16-13-8-3-4-9-14(13)21(2)20-16/h3-10,15H,1-2H3,(H,19,22)(H,23,24)/t15-/m0/s1. The normalized spacial score (nSPS) is 12.1. The highest BCUT2D eigenvalue weighted by Crippen LogP contribution is 2.20. The van der Waals surface area contributed by atoms with E-state index >= 15 is 0 Å². The smallest absolute Gasteiger partial charge is 0.330 e. The number of nitrogens with one attached hydrogen (secondary N) is 1. The Bertz CT molecular complexity index is 930. The topological polar surface area (TPSA) is 84.2 Å². The van der Waals surface area contributed by atoms with Crippen molar-refractivity contribution in [3.63, 3.8) is 0 Å². The van der Waals surface area contributed by atoms with Gasteiger partial charge in [-0.3, -0.25) is 9.48 Å². The number of para-hydroxylation sites is 1. The first kappa shape index (κ1) is 15.7. The minimum Gasteiger partial charge on any atom is -0.479 e.